The van der Waals surface area contributed by atoms with Crippen molar-refractivity contribution in [1.82, 2.24) is 0 Å². The topological polar surface area (TPSA) is 20.2 Å². The fourth-order valence-corrected chi connectivity index (χ4v) is 2.58. The van der Waals surface area contributed by atoms with Gasteiger partial charge in [-0.25, -0.2) is 0 Å². The van der Waals surface area contributed by atoms with Gasteiger partial charge in [0.15, 0.2) is 0 Å². The summed E-state index contributed by atoms with van der Waals surface area (Å²) in [5, 5.41) is 11.1. The lowest BCUT2D eigenvalue weighted by atomic mass is 9.89. The molecule has 1 nitrogen and oxygen atoms in total. The van der Waals surface area contributed by atoms with Crippen molar-refractivity contribution in [2.24, 2.45) is 5.92 Å². The Kier molecular flexibility index (Phi) is 6.73. The molecule has 0 saturated heterocycles. The lowest BCUT2D eigenvalue weighted by Crippen LogP contribution is -2.08. The second-order valence-corrected chi connectivity index (χ2v) is 5.61. The van der Waals surface area contributed by atoms with Crippen LogP contribution in [0.15, 0.2) is 18.2 Å². The van der Waals surface area contributed by atoms with Crippen LogP contribution in [-0.4, -0.2) is 5.11 Å². The number of unbranched alkanes of at least 4 members (excludes halogenated alkanes) is 1. The van der Waals surface area contributed by atoms with Crippen LogP contribution < -0.4 is 0 Å². The van der Waals surface area contributed by atoms with Crippen LogP contribution in [0.3, 0.4) is 0 Å². The van der Waals surface area contributed by atoms with E-state index in [1.165, 1.54) is 19.3 Å². The second-order valence-electron chi connectivity index (χ2n) is 5.17. The average Bonchev–Trinajstić information content (AvgIpc) is 2.37. The van der Waals surface area contributed by atoms with Gasteiger partial charge in [0.1, 0.15) is 0 Å². The molecule has 0 aromatic heterocycles. The summed E-state index contributed by atoms with van der Waals surface area (Å²) < 4.78 is 0. The molecule has 2 unspecified atom stereocenters. The first-order valence-corrected chi connectivity index (χ1v) is 7.40. The fourth-order valence-electron chi connectivity index (χ4n) is 2.39. The minimum absolute atomic E-state index is 0.384. The number of aliphatic hydroxyl groups excluding tert-OH is 1. The molecule has 1 N–H and O–H groups in total. The molecule has 1 rings (SSSR count). The number of aliphatic hydroxyl groups is 1. The molecule has 0 heterocycles. The van der Waals surface area contributed by atoms with E-state index >= 15 is 0 Å². The molecule has 0 radical (unpaired) electrons. The van der Waals surface area contributed by atoms with Gasteiger partial charge in [0.25, 0.3) is 0 Å². The fraction of sp³-hybridized carbons (Fsp3) is 0.625. The number of benzene rings is 1. The third-order valence-electron chi connectivity index (χ3n) is 3.70. The standard InChI is InChI=1S/C16H25ClO/c1-4-6-7-13(5-2)10-16(18)15-11-14(17)9-8-12(15)3/h8-9,11,13,16,18H,4-7,10H2,1-3H3. The van der Waals surface area contributed by atoms with Crippen LogP contribution in [0.4, 0.5) is 0 Å². The number of rotatable bonds is 7. The van der Waals surface area contributed by atoms with Crippen LogP contribution in [0.5, 0.6) is 0 Å². The molecule has 0 spiro atoms. The summed E-state index contributed by atoms with van der Waals surface area (Å²) in [5.41, 5.74) is 2.11. The SMILES string of the molecule is CCCCC(CC)CC(O)c1cc(Cl)ccc1C. The summed E-state index contributed by atoms with van der Waals surface area (Å²) in [7, 11) is 0. The normalized spacial score (nSPS) is 14.5. The molecule has 0 amide bonds. The Balaban J connectivity index is 2.67. The smallest absolute Gasteiger partial charge is 0.0795 e. The minimum atomic E-state index is -0.384. The van der Waals surface area contributed by atoms with Gasteiger partial charge in [-0.3, -0.25) is 0 Å². The number of halogens is 1. The van der Waals surface area contributed by atoms with Gasteiger partial charge in [0.2, 0.25) is 0 Å². The van der Waals surface area contributed by atoms with Crippen molar-refractivity contribution in [3.63, 3.8) is 0 Å². The van der Waals surface area contributed by atoms with Gasteiger partial charge in [0, 0.05) is 5.02 Å². The molecule has 102 valence electrons. The van der Waals surface area contributed by atoms with E-state index in [1.54, 1.807) is 0 Å². The molecule has 1 aromatic rings. The van der Waals surface area contributed by atoms with E-state index in [0.717, 1.165) is 24.0 Å². The maximum absolute atomic E-state index is 10.4. The molecule has 0 saturated carbocycles. The summed E-state index contributed by atoms with van der Waals surface area (Å²) >= 11 is 6.00. The Hall–Kier alpha value is -0.530. The third-order valence-corrected chi connectivity index (χ3v) is 3.94. The largest absolute Gasteiger partial charge is 0.388 e. The minimum Gasteiger partial charge on any atom is -0.388 e. The predicted octanol–water partition coefficient (Wildman–Crippen LogP) is 5.29. The molecule has 2 heteroatoms. The Morgan fingerprint density at radius 2 is 2.00 bits per heavy atom. The highest BCUT2D eigenvalue weighted by atomic mass is 35.5. The molecule has 0 aliphatic carbocycles. The molecule has 2 atom stereocenters. The highest BCUT2D eigenvalue weighted by Crippen LogP contribution is 2.29. The van der Waals surface area contributed by atoms with Crippen molar-refractivity contribution in [2.45, 2.75) is 59.0 Å². The number of aryl methyl sites for hydroxylation is 1. The van der Waals surface area contributed by atoms with E-state index in [0.29, 0.717) is 10.9 Å². The van der Waals surface area contributed by atoms with Crippen LogP contribution in [0, 0.1) is 12.8 Å². The summed E-state index contributed by atoms with van der Waals surface area (Å²) in [6, 6.07) is 5.75. The molecule has 18 heavy (non-hydrogen) atoms. The molecule has 0 fully saturated rings. The van der Waals surface area contributed by atoms with Crippen molar-refractivity contribution in [3.8, 4) is 0 Å². The summed E-state index contributed by atoms with van der Waals surface area (Å²) in [4.78, 5) is 0. The first-order chi connectivity index (χ1) is 8.58. The summed E-state index contributed by atoms with van der Waals surface area (Å²) in [6.45, 7) is 6.45. The van der Waals surface area contributed by atoms with Crippen LogP contribution in [0.25, 0.3) is 0 Å². The van der Waals surface area contributed by atoms with Gasteiger partial charge >= 0.3 is 0 Å². The summed E-state index contributed by atoms with van der Waals surface area (Å²) in [5.74, 6) is 0.610. The van der Waals surface area contributed by atoms with E-state index in [-0.39, 0.29) is 6.10 Å². The maximum Gasteiger partial charge on any atom is 0.0795 e. The molecule has 0 aliphatic heterocycles. The van der Waals surface area contributed by atoms with Gasteiger partial charge in [0.05, 0.1) is 6.10 Å². The monoisotopic (exact) mass is 268 g/mol. The highest BCUT2D eigenvalue weighted by molar-refractivity contribution is 6.30. The zero-order valence-electron chi connectivity index (χ0n) is 11.7. The van der Waals surface area contributed by atoms with Gasteiger partial charge in [-0.1, -0.05) is 57.2 Å². The average molecular weight is 269 g/mol. The number of hydrogen-bond donors (Lipinski definition) is 1. The van der Waals surface area contributed by atoms with Crippen LogP contribution in [0.2, 0.25) is 5.02 Å². The first kappa shape index (κ1) is 15.5. The van der Waals surface area contributed by atoms with Crippen molar-refractivity contribution in [1.29, 1.82) is 0 Å². The van der Waals surface area contributed by atoms with Crippen LogP contribution >= 0.6 is 11.6 Å². The Bertz CT molecular complexity index is 362. The van der Waals surface area contributed by atoms with Gasteiger partial charge in [-0.15, -0.1) is 0 Å². The second kappa shape index (κ2) is 7.81. The molecule has 0 aliphatic rings. The third kappa shape index (κ3) is 4.62. The van der Waals surface area contributed by atoms with E-state index in [2.05, 4.69) is 13.8 Å². The van der Waals surface area contributed by atoms with Crippen molar-refractivity contribution in [2.75, 3.05) is 0 Å². The summed E-state index contributed by atoms with van der Waals surface area (Å²) in [6.07, 6.45) is 5.28. The zero-order valence-corrected chi connectivity index (χ0v) is 12.5. The van der Waals surface area contributed by atoms with Crippen molar-refractivity contribution in [3.05, 3.63) is 34.3 Å². The predicted molar refractivity (Wildman–Crippen MR) is 79.1 cm³/mol. The van der Waals surface area contributed by atoms with E-state index in [9.17, 15) is 5.11 Å². The van der Waals surface area contributed by atoms with E-state index in [1.807, 2.05) is 25.1 Å². The molecular formula is C16H25ClO. The van der Waals surface area contributed by atoms with E-state index in [4.69, 9.17) is 11.6 Å². The lowest BCUT2D eigenvalue weighted by Gasteiger charge is -2.20. The van der Waals surface area contributed by atoms with Gasteiger partial charge in [-0.05, 0) is 42.5 Å². The first-order valence-electron chi connectivity index (χ1n) is 7.02. The Labute approximate surface area is 116 Å². The lowest BCUT2D eigenvalue weighted by molar-refractivity contribution is 0.138. The quantitative estimate of drug-likeness (QED) is 0.712. The van der Waals surface area contributed by atoms with Crippen molar-refractivity contribution < 1.29 is 5.11 Å². The van der Waals surface area contributed by atoms with Gasteiger partial charge < -0.3 is 5.11 Å². The van der Waals surface area contributed by atoms with E-state index < -0.39 is 0 Å². The Morgan fingerprint density at radius 3 is 2.61 bits per heavy atom. The van der Waals surface area contributed by atoms with Gasteiger partial charge in [-0.2, -0.15) is 0 Å². The van der Waals surface area contributed by atoms with Crippen LogP contribution in [0.1, 0.15) is 63.2 Å². The Morgan fingerprint density at radius 1 is 1.28 bits per heavy atom. The zero-order chi connectivity index (χ0) is 13.5. The highest BCUT2D eigenvalue weighted by Gasteiger charge is 2.16. The van der Waals surface area contributed by atoms with Crippen molar-refractivity contribution >= 4 is 11.6 Å². The number of hydrogen-bond acceptors (Lipinski definition) is 1. The van der Waals surface area contributed by atoms with Crippen LogP contribution in [-0.2, 0) is 0 Å². The molecular weight excluding hydrogens is 244 g/mol. The molecule has 1 aromatic carbocycles. The maximum atomic E-state index is 10.4. The molecule has 0 bridgehead atoms.